The summed E-state index contributed by atoms with van der Waals surface area (Å²) in [6.45, 7) is 5.35. The Labute approximate surface area is 112 Å². The minimum absolute atomic E-state index is 0.446. The zero-order valence-corrected chi connectivity index (χ0v) is 11.3. The fourth-order valence-corrected chi connectivity index (χ4v) is 1.75. The van der Waals surface area contributed by atoms with Crippen LogP contribution in [0.5, 0.6) is 5.75 Å². The first-order valence-corrected chi connectivity index (χ1v) is 6.50. The molecule has 1 aromatic carbocycles. The molecule has 0 saturated heterocycles. The molecule has 5 heteroatoms. The minimum Gasteiger partial charge on any atom is -0.492 e. The number of nitrogens with one attached hydrogen (secondary N) is 1. The quantitative estimate of drug-likeness (QED) is 0.763. The lowest BCUT2D eigenvalue weighted by molar-refractivity contribution is -0.137. The summed E-state index contributed by atoms with van der Waals surface area (Å²) < 4.78 is 42.4. The second-order valence-corrected chi connectivity index (χ2v) is 4.34. The van der Waals surface area contributed by atoms with Gasteiger partial charge in [-0.15, -0.1) is 0 Å². The molecule has 0 aliphatic rings. The maximum Gasteiger partial charge on any atom is 0.416 e. The van der Waals surface area contributed by atoms with Crippen molar-refractivity contribution in [1.82, 2.24) is 5.32 Å². The third-order valence-electron chi connectivity index (χ3n) is 2.97. The van der Waals surface area contributed by atoms with Crippen LogP contribution in [-0.4, -0.2) is 19.2 Å². The Balaban J connectivity index is 2.34. The molecule has 1 aromatic rings. The number of halogens is 3. The minimum atomic E-state index is -4.30. The SMILES string of the molecule is CCC(CC)NCCOc1ccc(C(F)(F)F)cc1. The van der Waals surface area contributed by atoms with Crippen LogP contribution in [0, 0.1) is 0 Å². The summed E-state index contributed by atoms with van der Waals surface area (Å²) >= 11 is 0. The van der Waals surface area contributed by atoms with Crippen LogP contribution in [0.15, 0.2) is 24.3 Å². The Kier molecular flexibility index (Phi) is 6.15. The maximum atomic E-state index is 12.3. The third-order valence-corrected chi connectivity index (χ3v) is 2.97. The van der Waals surface area contributed by atoms with Gasteiger partial charge in [0.2, 0.25) is 0 Å². The van der Waals surface area contributed by atoms with Gasteiger partial charge in [-0.1, -0.05) is 13.8 Å². The predicted octanol–water partition coefficient (Wildman–Crippen LogP) is 3.86. The Morgan fingerprint density at radius 1 is 1.11 bits per heavy atom. The van der Waals surface area contributed by atoms with Gasteiger partial charge in [-0.25, -0.2) is 0 Å². The zero-order valence-electron chi connectivity index (χ0n) is 11.3. The molecule has 1 N–H and O–H groups in total. The average molecular weight is 275 g/mol. The van der Waals surface area contributed by atoms with Gasteiger partial charge in [0.05, 0.1) is 5.56 Å². The molecule has 0 aliphatic carbocycles. The van der Waals surface area contributed by atoms with E-state index in [9.17, 15) is 13.2 Å². The van der Waals surface area contributed by atoms with Gasteiger partial charge in [-0.3, -0.25) is 0 Å². The van der Waals surface area contributed by atoms with E-state index in [1.807, 2.05) is 0 Å². The van der Waals surface area contributed by atoms with Crippen LogP contribution in [0.1, 0.15) is 32.3 Å². The third kappa shape index (κ3) is 5.51. The number of benzene rings is 1. The van der Waals surface area contributed by atoms with Gasteiger partial charge in [-0.05, 0) is 37.1 Å². The monoisotopic (exact) mass is 275 g/mol. The van der Waals surface area contributed by atoms with Crippen molar-refractivity contribution in [2.24, 2.45) is 0 Å². The van der Waals surface area contributed by atoms with Crippen molar-refractivity contribution in [2.75, 3.05) is 13.2 Å². The fourth-order valence-electron chi connectivity index (χ4n) is 1.75. The molecule has 1 rings (SSSR count). The van der Waals surface area contributed by atoms with E-state index in [-0.39, 0.29) is 0 Å². The Hall–Kier alpha value is -1.23. The summed E-state index contributed by atoms with van der Waals surface area (Å²) in [5.74, 6) is 0.458. The summed E-state index contributed by atoms with van der Waals surface area (Å²) in [5, 5.41) is 3.32. The lowest BCUT2D eigenvalue weighted by Gasteiger charge is -2.15. The van der Waals surface area contributed by atoms with Crippen molar-refractivity contribution in [3.8, 4) is 5.75 Å². The standard InChI is InChI=1S/C14H20F3NO/c1-3-12(4-2)18-9-10-19-13-7-5-11(6-8-13)14(15,16)17/h5-8,12,18H,3-4,9-10H2,1-2H3. The van der Waals surface area contributed by atoms with Crippen LogP contribution < -0.4 is 10.1 Å². The van der Waals surface area contributed by atoms with E-state index in [4.69, 9.17) is 4.74 Å². The highest BCUT2D eigenvalue weighted by Crippen LogP contribution is 2.30. The average Bonchev–Trinajstić information content (AvgIpc) is 2.38. The normalized spacial score (nSPS) is 11.9. The fraction of sp³-hybridized carbons (Fsp3) is 0.571. The van der Waals surface area contributed by atoms with E-state index in [0.717, 1.165) is 25.0 Å². The van der Waals surface area contributed by atoms with Gasteiger partial charge in [0.15, 0.2) is 0 Å². The van der Waals surface area contributed by atoms with Crippen molar-refractivity contribution in [3.63, 3.8) is 0 Å². The van der Waals surface area contributed by atoms with Crippen LogP contribution in [0.25, 0.3) is 0 Å². The van der Waals surface area contributed by atoms with Crippen molar-refractivity contribution < 1.29 is 17.9 Å². The number of ether oxygens (including phenoxy) is 1. The molecule has 0 unspecified atom stereocenters. The van der Waals surface area contributed by atoms with Crippen LogP contribution >= 0.6 is 0 Å². The second-order valence-electron chi connectivity index (χ2n) is 4.34. The summed E-state index contributed by atoms with van der Waals surface area (Å²) in [5.41, 5.74) is -0.657. The first-order valence-electron chi connectivity index (χ1n) is 6.50. The van der Waals surface area contributed by atoms with Gasteiger partial charge in [0.1, 0.15) is 12.4 Å². The molecule has 0 fully saturated rings. The lowest BCUT2D eigenvalue weighted by atomic mass is 10.2. The molecule has 19 heavy (non-hydrogen) atoms. The topological polar surface area (TPSA) is 21.3 Å². The predicted molar refractivity (Wildman–Crippen MR) is 69.3 cm³/mol. The lowest BCUT2D eigenvalue weighted by Crippen LogP contribution is -2.31. The molecule has 0 bridgehead atoms. The molecule has 0 saturated carbocycles. The summed E-state index contributed by atoms with van der Waals surface area (Å²) in [7, 11) is 0. The Morgan fingerprint density at radius 3 is 2.16 bits per heavy atom. The van der Waals surface area contributed by atoms with Crippen molar-refractivity contribution >= 4 is 0 Å². The highest BCUT2D eigenvalue weighted by atomic mass is 19.4. The summed E-state index contributed by atoms with van der Waals surface area (Å²) in [6.07, 6.45) is -2.19. The van der Waals surface area contributed by atoms with Gasteiger partial charge in [-0.2, -0.15) is 13.2 Å². The van der Waals surface area contributed by atoms with Crippen molar-refractivity contribution in [3.05, 3.63) is 29.8 Å². The molecule has 0 aliphatic heterocycles. The highest BCUT2D eigenvalue weighted by Gasteiger charge is 2.29. The smallest absolute Gasteiger partial charge is 0.416 e. The molecule has 0 spiro atoms. The van der Waals surface area contributed by atoms with E-state index in [2.05, 4.69) is 19.2 Å². The number of alkyl halides is 3. The molecular weight excluding hydrogens is 255 g/mol. The Bertz CT molecular complexity index is 358. The molecule has 0 amide bonds. The van der Waals surface area contributed by atoms with Gasteiger partial charge in [0, 0.05) is 12.6 Å². The van der Waals surface area contributed by atoms with E-state index < -0.39 is 11.7 Å². The molecular formula is C14H20F3NO. The van der Waals surface area contributed by atoms with Crippen LogP contribution in [0.2, 0.25) is 0 Å². The number of hydrogen-bond donors (Lipinski definition) is 1. The molecule has 0 atom stereocenters. The Morgan fingerprint density at radius 2 is 1.68 bits per heavy atom. The first kappa shape index (κ1) is 15.8. The van der Waals surface area contributed by atoms with E-state index >= 15 is 0 Å². The number of hydrogen-bond acceptors (Lipinski definition) is 2. The van der Waals surface area contributed by atoms with Gasteiger partial charge >= 0.3 is 6.18 Å². The van der Waals surface area contributed by atoms with E-state index in [1.165, 1.54) is 12.1 Å². The molecule has 0 heterocycles. The molecule has 2 nitrogen and oxygen atoms in total. The van der Waals surface area contributed by atoms with Gasteiger partial charge < -0.3 is 10.1 Å². The van der Waals surface area contributed by atoms with Crippen LogP contribution in [-0.2, 0) is 6.18 Å². The number of rotatable bonds is 7. The maximum absolute atomic E-state index is 12.3. The molecule has 0 radical (unpaired) electrons. The highest BCUT2D eigenvalue weighted by molar-refractivity contribution is 5.28. The molecule has 108 valence electrons. The second kappa shape index (κ2) is 7.38. The van der Waals surface area contributed by atoms with Crippen molar-refractivity contribution in [2.45, 2.75) is 38.9 Å². The molecule has 0 aromatic heterocycles. The first-order chi connectivity index (χ1) is 8.97. The summed E-state index contributed by atoms with van der Waals surface area (Å²) in [4.78, 5) is 0. The van der Waals surface area contributed by atoms with E-state index in [0.29, 0.717) is 24.9 Å². The van der Waals surface area contributed by atoms with Crippen LogP contribution in [0.4, 0.5) is 13.2 Å². The van der Waals surface area contributed by atoms with Crippen molar-refractivity contribution in [1.29, 1.82) is 0 Å². The summed E-state index contributed by atoms with van der Waals surface area (Å²) in [6, 6.07) is 5.23. The van der Waals surface area contributed by atoms with Crippen LogP contribution in [0.3, 0.4) is 0 Å². The zero-order chi connectivity index (χ0) is 14.3. The largest absolute Gasteiger partial charge is 0.492 e. The van der Waals surface area contributed by atoms with E-state index in [1.54, 1.807) is 0 Å². The van der Waals surface area contributed by atoms with Gasteiger partial charge in [0.25, 0.3) is 0 Å².